The van der Waals surface area contributed by atoms with Gasteiger partial charge >= 0.3 is 0 Å². The number of anilines is 1. The first-order valence-electron chi connectivity index (χ1n) is 8.58. The summed E-state index contributed by atoms with van der Waals surface area (Å²) in [5.41, 5.74) is -0.322. The lowest BCUT2D eigenvalue weighted by atomic mass is 10.0. The highest BCUT2D eigenvalue weighted by atomic mass is 32.2. The molecule has 1 heterocycles. The summed E-state index contributed by atoms with van der Waals surface area (Å²) < 4.78 is 60.4. The number of aryl methyl sites for hydroxylation is 1. The minimum absolute atomic E-state index is 0.171. The number of hydrogen-bond donors (Lipinski definition) is 2. The third-order valence-corrected chi connectivity index (χ3v) is 6.08. The molecule has 1 saturated heterocycles. The van der Waals surface area contributed by atoms with Crippen molar-refractivity contribution in [3.8, 4) is 0 Å². The van der Waals surface area contributed by atoms with Crippen LogP contribution in [0.4, 0.5) is 14.5 Å². The number of amides is 1. The molecule has 28 heavy (non-hydrogen) atoms. The van der Waals surface area contributed by atoms with E-state index in [1.165, 1.54) is 25.1 Å². The summed E-state index contributed by atoms with van der Waals surface area (Å²) in [4.78, 5) is 12.1. The van der Waals surface area contributed by atoms with Crippen molar-refractivity contribution in [2.24, 2.45) is 0 Å². The molecule has 0 bridgehead atoms. The molecule has 6 nitrogen and oxygen atoms in total. The monoisotopic (exact) mass is 410 g/mol. The van der Waals surface area contributed by atoms with Crippen LogP contribution in [0.25, 0.3) is 0 Å². The Morgan fingerprint density at radius 1 is 1.18 bits per heavy atom. The van der Waals surface area contributed by atoms with E-state index in [0.29, 0.717) is 24.3 Å². The predicted molar refractivity (Wildman–Crippen MR) is 99.7 cm³/mol. The second kappa shape index (κ2) is 7.57. The standard InChI is InChI=1S/C19H20F2N2O4S/c1-12-7-15(3-4-17(12)21)22-18(24)13-8-14(20)10-16(9-13)28(25,26)23-19(2)5-6-27-11-19/h3-4,7-10,23H,5-6,11H2,1-2H3,(H,22,24)/t19-/m0/s1. The van der Waals surface area contributed by atoms with Gasteiger partial charge in [0, 0.05) is 17.9 Å². The summed E-state index contributed by atoms with van der Waals surface area (Å²) in [5.74, 6) is -2.00. The number of carbonyl (C=O) groups excluding carboxylic acids is 1. The van der Waals surface area contributed by atoms with Crippen LogP contribution in [0.1, 0.15) is 29.3 Å². The van der Waals surface area contributed by atoms with E-state index in [1.54, 1.807) is 6.92 Å². The van der Waals surface area contributed by atoms with Crippen molar-refractivity contribution < 1.29 is 26.7 Å². The Labute approximate surface area is 162 Å². The number of nitrogens with one attached hydrogen (secondary N) is 2. The van der Waals surface area contributed by atoms with E-state index >= 15 is 0 Å². The molecule has 2 aromatic rings. The Balaban J connectivity index is 1.86. The molecule has 1 amide bonds. The van der Waals surface area contributed by atoms with Crippen LogP contribution < -0.4 is 10.0 Å². The van der Waals surface area contributed by atoms with Gasteiger partial charge in [-0.15, -0.1) is 0 Å². The number of halogens is 2. The molecule has 0 saturated carbocycles. The number of benzene rings is 2. The van der Waals surface area contributed by atoms with Gasteiger partial charge in [0.15, 0.2) is 0 Å². The number of rotatable bonds is 5. The highest BCUT2D eigenvalue weighted by molar-refractivity contribution is 7.89. The number of sulfonamides is 1. The van der Waals surface area contributed by atoms with E-state index < -0.39 is 33.1 Å². The maximum Gasteiger partial charge on any atom is 0.255 e. The molecule has 150 valence electrons. The first kappa shape index (κ1) is 20.4. The highest BCUT2D eigenvalue weighted by Gasteiger charge is 2.35. The fraction of sp³-hybridized carbons (Fsp3) is 0.316. The van der Waals surface area contributed by atoms with Crippen molar-refractivity contribution in [1.29, 1.82) is 0 Å². The van der Waals surface area contributed by atoms with Crippen LogP contribution in [0.15, 0.2) is 41.3 Å². The summed E-state index contributed by atoms with van der Waals surface area (Å²) in [6.45, 7) is 3.86. The Hall–Kier alpha value is -2.36. The molecule has 0 aromatic heterocycles. The summed E-state index contributed by atoms with van der Waals surface area (Å²) in [7, 11) is -4.07. The molecule has 9 heteroatoms. The molecule has 1 atom stereocenters. The van der Waals surface area contributed by atoms with E-state index in [4.69, 9.17) is 4.74 Å². The molecule has 1 fully saturated rings. The quantitative estimate of drug-likeness (QED) is 0.794. The van der Waals surface area contributed by atoms with E-state index in [-0.39, 0.29) is 17.1 Å². The Morgan fingerprint density at radius 3 is 2.57 bits per heavy atom. The van der Waals surface area contributed by atoms with Gasteiger partial charge in [0.05, 0.1) is 17.0 Å². The maximum absolute atomic E-state index is 14.0. The number of ether oxygens (including phenoxy) is 1. The molecule has 3 rings (SSSR count). The van der Waals surface area contributed by atoms with E-state index in [0.717, 1.165) is 18.2 Å². The topological polar surface area (TPSA) is 84.5 Å². The minimum atomic E-state index is -4.07. The van der Waals surface area contributed by atoms with Gasteiger partial charge in [-0.25, -0.2) is 21.9 Å². The summed E-state index contributed by atoms with van der Waals surface area (Å²) in [6.07, 6.45) is 0.485. The van der Waals surface area contributed by atoms with Crippen molar-refractivity contribution in [1.82, 2.24) is 4.72 Å². The summed E-state index contributed by atoms with van der Waals surface area (Å²) in [6, 6.07) is 6.86. The van der Waals surface area contributed by atoms with E-state index in [2.05, 4.69) is 10.0 Å². The molecule has 0 radical (unpaired) electrons. The molecule has 0 spiro atoms. The third kappa shape index (κ3) is 4.54. The van der Waals surface area contributed by atoms with Crippen LogP contribution in [0, 0.1) is 18.6 Å². The first-order chi connectivity index (χ1) is 13.1. The van der Waals surface area contributed by atoms with Crippen molar-refractivity contribution in [2.75, 3.05) is 18.5 Å². The minimum Gasteiger partial charge on any atom is -0.379 e. The Morgan fingerprint density at radius 2 is 1.93 bits per heavy atom. The highest BCUT2D eigenvalue weighted by Crippen LogP contribution is 2.23. The number of carbonyl (C=O) groups is 1. The number of hydrogen-bond acceptors (Lipinski definition) is 4. The average molecular weight is 410 g/mol. The van der Waals surface area contributed by atoms with E-state index in [9.17, 15) is 22.0 Å². The lowest BCUT2D eigenvalue weighted by Crippen LogP contribution is -2.46. The molecular weight excluding hydrogens is 390 g/mol. The van der Waals surface area contributed by atoms with Gasteiger partial charge in [0.25, 0.3) is 5.91 Å². The van der Waals surface area contributed by atoms with Crippen molar-refractivity contribution in [3.63, 3.8) is 0 Å². The molecule has 1 aliphatic rings. The Bertz CT molecular complexity index is 1020. The van der Waals surface area contributed by atoms with Gasteiger partial charge in [-0.3, -0.25) is 4.79 Å². The molecule has 2 N–H and O–H groups in total. The van der Waals surface area contributed by atoms with Gasteiger partial charge in [-0.05, 0) is 62.2 Å². The zero-order valence-electron chi connectivity index (χ0n) is 15.4. The van der Waals surface area contributed by atoms with Crippen LogP contribution in [0.5, 0.6) is 0 Å². The molecule has 2 aromatic carbocycles. The third-order valence-electron chi connectivity index (χ3n) is 4.46. The lowest BCUT2D eigenvalue weighted by molar-refractivity contribution is 0.102. The van der Waals surface area contributed by atoms with Crippen molar-refractivity contribution >= 4 is 21.6 Å². The lowest BCUT2D eigenvalue weighted by Gasteiger charge is -2.23. The zero-order chi connectivity index (χ0) is 20.5. The molecule has 0 unspecified atom stereocenters. The zero-order valence-corrected chi connectivity index (χ0v) is 16.2. The molecule has 0 aliphatic carbocycles. The SMILES string of the molecule is Cc1cc(NC(=O)c2cc(F)cc(S(=O)(=O)N[C@@]3(C)CCOC3)c2)ccc1F. The van der Waals surface area contributed by atoms with E-state index in [1.807, 2.05) is 0 Å². The van der Waals surface area contributed by atoms with Crippen molar-refractivity contribution in [3.05, 3.63) is 59.2 Å². The largest absolute Gasteiger partial charge is 0.379 e. The first-order valence-corrected chi connectivity index (χ1v) is 10.1. The van der Waals surface area contributed by atoms with Crippen LogP contribution >= 0.6 is 0 Å². The smallest absolute Gasteiger partial charge is 0.255 e. The van der Waals surface area contributed by atoms with Crippen LogP contribution in [0.2, 0.25) is 0 Å². The normalized spacial score (nSPS) is 19.6. The van der Waals surface area contributed by atoms with Crippen LogP contribution in [0.3, 0.4) is 0 Å². The fourth-order valence-electron chi connectivity index (χ4n) is 2.91. The second-order valence-corrected chi connectivity index (χ2v) is 8.74. The summed E-state index contributed by atoms with van der Waals surface area (Å²) in [5, 5.41) is 2.51. The van der Waals surface area contributed by atoms with Crippen molar-refractivity contribution in [2.45, 2.75) is 30.7 Å². The summed E-state index contributed by atoms with van der Waals surface area (Å²) >= 11 is 0. The van der Waals surface area contributed by atoms with Crippen LogP contribution in [-0.4, -0.2) is 33.1 Å². The average Bonchev–Trinajstić information content (AvgIpc) is 3.03. The van der Waals surface area contributed by atoms with Gasteiger partial charge in [-0.1, -0.05) is 0 Å². The fourth-order valence-corrected chi connectivity index (χ4v) is 4.38. The van der Waals surface area contributed by atoms with Gasteiger partial charge in [0.1, 0.15) is 11.6 Å². The molecular formula is C19H20F2N2O4S. The predicted octanol–water partition coefficient (Wildman–Crippen LogP) is 2.98. The van der Waals surface area contributed by atoms with Gasteiger partial charge < -0.3 is 10.1 Å². The second-order valence-electron chi connectivity index (χ2n) is 7.06. The van der Waals surface area contributed by atoms with Crippen LogP contribution in [-0.2, 0) is 14.8 Å². The maximum atomic E-state index is 14.0. The Kier molecular flexibility index (Phi) is 5.51. The van der Waals surface area contributed by atoms with Gasteiger partial charge in [-0.2, -0.15) is 0 Å². The van der Waals surface area contributed by atoms with Gasteiger partial charge in [0.2, 0.25) is 10.0 Å². The molecule has 1 aliphatic heterocycles.